The molecule has 0 aromatic carbocycles. The van der Waals surface area contributed by atoms with Crippen molar-refractivity contribution < 1.29 is 14.7 Å². The molecule has 5 heteroatoms. The molecular weight excluding hydrogens is 220 g/mol. The first kappa shape index (κ1) is 14.0. The van der Waals surface area contributed by atoms with Gasteiger partial charge in [-0.1, -0.05) is 6.92 Å². The average molecular weight is 242 g/mol. The van der Waals surface area contributed by atoms with Crippen LogP contribution in [0.25, 0.3) is 0 Å². The van der Waals surface area contributed by atoms with Crippen molar-refractivity contribution in [3.8, 4) is 0 Å². The van der Waals surface area contributed by atoms with Crippen molar-refractivity contribution in [1.29, 1.82) is 0 Å². The molecule has 1 atom stereocenters. The Morgan fingerprint density at radius 2 is 2.06 bits per heavy atom. The molecule has 1 unspecified atom stereocenters. The molecule has 17 heavy (non-hydrogen) atoms. The van der Waals surface area contributed by atoms with Gasteiger partial charge in [0.15, 0.2) is 0 Å². The maximum absolute atomic E-state index is 11.3. The van der Waals surface area contributed by atoms with E-state index >= 15 is 0 Å². The third kappa shape index (κ3) is 6.26. The molecule has 5 nitrogen and oxygen atoms in total. The van der Waals surface area contributed by atoms with Gasteiger partial charge in [0.1, 0.15) is 0 Å². The maximum Gasteiger partial charge on any atom is 0.223 e. The summed E-state index contributed by atoms with van der Waals surface area (Å²) in [5, 5.41) is 14.3. The monoisotopic (exact) mass is 242 g/mol. The Kier molecular flexibility index (Phi) is 5.97. The van der Waals surface area contributed by atoms with E-state index in [1.165, 1.54) is 0 Å². The van der Waals surface area contributed by atoms with Crippen molar-refractivity contribution in [2.24, 2.45) is 11.8 Å². The molecule has 0 aromatic heterocycles. The number of nitrogens with one attached hydrogen (secondary N) is 2. The van der Waals surface area contributed by atoms with Crippen LogP contribution in [0.1, 0.15) is 32.6 Å². The van der Waals surface area contributed by atoms with Crippen LogP contribution in [0.2, 0.25) is 0 Å². The molecule has 0 radical (unpaired) electrons. The molecule has 3 N–H and O–H groups in total. The molecular formula is C12H22N2O3. The number of hydrogen-bond acceptors (Lipinski definition) is 3. The van der Waals surface area contributed by atoms with Crippen LogP contribution in [0, 0.1) is 11.8 Å². The van der Waals surface area contributed by atoms with Gasteiger partial charge >= 0.3 is 0 Å². The van der Waals surface area contributed by atoms with Crippen molar-refractivity contribution in [2.75, 3.05) is 19.7 Å². The zero-order valence-electron chi connectivity index (χ0n) is 10.4. The van der Waals surface area contributed by atoms with Crippen LogP contribution in [0.4, 0.5) is 0 Å². The minimum Gasteiger partial charge on any atom is -0.396 e. The zero-order chi connectivity index (χ0) is 12.7. The lowest BCUT2D eigenvalue weighted by molar-refractivity contribution is -0.123. The number of carbonyl (C=O) groups excluding carboxylic acids is 2. The van der Waals surface area contributed by atoms with E-state index in [1.807, 2.05) is 6.92 Å². The molecule has 0 saturated heterocycles. The lowest BCUT2D eigenvalue weighted by Crippen LogP contribution is -2.31. The summed E-state index contributed by atoms with van der Waals surface area (Å²) in [6, 6.07) is 0. The van der Waals surface area contributed by atoms with E-state index in [-0.39, 0.29) is 30.3 Å². The summed E-state index contributed by atoms with van der Waals surface area (Å²) in [5.41, 5.74) is 0. The second-order valence-corrected chi connectivity index (χ2v) is 4.76. The summed E-state index contributed by atoms with van der Waals surface area (Å²) in [6.45, 7) is 3.02. The lowest BCUT2D eigenvalue weighted by atomic mass is 10.2. The van der Waals surface area contributed by atoms with E-state index in [0.29, 0.717) is 25.9 Å². The number of rotatable bonds is 8. The summed E-state index contributed by atoms with van der Waals surface area (Å²) in [7, 11) is 0. The smallest absolute Gasteiger partial charge is 0.223 e. The number of hydrogen-bond donors (Lipinski definition) is 3. The Bertz CT molecular complexity index is 264. The van der Waals surface area contributed by atoms with E-state index < -0.39 is 0 Å². The second-order valence-electron chi connectivity index (χ2n) is 4.76. The third-order valence-electron chi connectivity index (χ3n) is 2.79. The van der Waals surface area contributed by atoms with E-state index in [1.54, 1.807) is 0 Å². The Labute approximate surface area is 102 Å². The average Bonchev–Trinajstić information content (AvgIpc) is 3.15. The van der Waals surface area contributed by atoms with Crippen LogP contribution >= 0.6 is 0 Å². The summed E-state index contributed by atoms with van der Waals surface area (Å²) in [5.74, 6) is 0.424. The molecule has 1 saturated carbocycles. The molecule has 1 fully saturated rings. The molecule has 0 bridgehead atoms. The van der Waals surface area contributed by atoms with Crippen molar-refractivity contribution >= 4 is 11.8 Å². The van der Waals surface area contributed by atoms with Gasteiger partial charge in [-0.2, -0.15) is 0 Å². The van der Waals surface area contributed by atoms with E-state index in [9.17, 15) is 9.59 Å². The fourth-order valence-electron chi connectivity index (χ4n) is 1.39. The molecule has 1 aliphatic carbocycles. The number of aliphatic hydroxyl groups excluding tert-OH is 1. The quantitative estimate of drug-likeness (QED) is 0.526. The summed E-state index contributed by atoms with van der Waals surface area (Å²) in [6.07, 6.45) is 3.09. The number of carbonyl (C=O) groups is 2. The first-order valence-corrected chi connectivity index (χ1v) is 6.28. The van der Waals surface area contributed by atoms with Gasteiger partial charge in [0.2, 0.25) is 11.8 Å². The SMILES string of the molecule is CC(CO)CNC(=O)CCCNC(=O)C1CC1. The highest BCUT2D eigenvalue weighted by Crippen LogP contribution is 2.28. The molecule has 0 aromatic rings. The summed E-state index contributed by atoms with van der Waals surface area (Å²) >= 11 is 0. The van der Waals surface area contributed by atoms with Crippen LogP contribution in [0.3, 0.4) is 0 Å². The highest BCUT2D eigenvalue weighted by molar-refractivity contribution is 5.81. The second kappa shape index (κ2) is 7.27. The molecule has 98 valence electrons. The summed E-state index contributed by atoms with van der Waals surface area (Å²) in [4.78, 5) is 22.6. The van der Waals surface area contributed by atoms with Gasteiger partial charge in [-0.25, -0.2) is 0 Å². The van der Waals surface area contributed by atoms with Crippen molar-refractivity contribution in [2.45, 2.75) is 32.6 Å². The first-order chi connectivity index (χ1) is 8.13. The van der Waals surface area contributed by atoms with Gasteiger partial charge in [-0.3, -0.25) is 9.59 Å². The van der Waals surface area contributed by atoms with Gasteiger partial charge in [0.05, 0.1) is 0 Å². The highest BCUT2D eigenvalue weighted by Gasteiger charge is 2.28. The fraction of sp³-hybridized carbons (Fsp3) is 0.833. The van der Waals surface area contributed by atoms with Crippen molar-refractivity contribution in [3.63, 3.8) is 0 Å². The van der Waals surface area contributed by atoms with Crippen LogP contribution in [0.15, 0.2) is 0 Å². The standard InChI is InChI=1S/C12H22N2O3/c1-9(8-15)7-14-11(16)3-2-6-13-12(17)10-4-5-10/h9-10,15H,2-8H2,1H3,(H,13,17)(H,14,16). The third-order valence-corrected chi connectivity index (χ3v) is 2.79. The van der Waals surface area contributed by atoms with Gasteiger partial charge < -0.3 is 15.7 Å². The molecule has 0 aliphatic heterocycles. The van der Waals surface area contributed by atoms with Gasteiger partial charge in [-0.05, 0) is 25.2 Å². The normalized spacial score (nSPS) is 16.4. The van der Waals surface area contributed by atoms with Crippen LogP contribution in [0.5, 0.6) is 0 Å². The Hall–Kier alpha value is -1.10. The van der Waals surface area contributed by atoms with Crippen LogP contribution in [-0.4, -0.2) is 36.6 Å². The lowest BCUT2D eigenvalue weighted by Gasteiger charge is -2.09. The van der Waals surface area contributed by atoms with Crippen molar-refractivity contribution in [1.82, 2.24) is 10.6 Å². The Morgan fingerprint density at radius 3 is 2.65 bits per heavy atom. The number of aliphatic hydroxyl groups is 1. The summed E-state index contributed by atoms with van der Waals surface area (Å²) < 4.78 is 0. The zero-order valence-corrected chi connectivity index (χ0v) is 10.4. The predicted octanol–water partition coefficient (Wildman–Crippen LogP) is 0.0374. The van der Waals surface area contributed by atoms with E-state index in [4.69, 9.17) is 5.11 Å². The van der Waals surface area contributed by atoms with Gasteiger partial charge in [0, 0.05) is 32.0 Å². The highest BCUT2D eigenvalue weighted by atomic mass is 16.3. The van der Waals surface area contributed by atoms with Crippen LogP contribution < -0.4 is 10.6 Å². The number of amides is 2. The Morgan fingerprint density at radius 1 is 1.35 bits per heavy atom. The first-order valence-electron chi connectivity index (χ1n) is 6.28. The molecule has 1 rings (SSSR count). The maximum atomic E-state index is 11.3. The van der Waals surface area contributed by atoms with Gasteiger partial charge in [-0.15, -0.1) is 0 Å². The van der Waals surface area contributed by atoms with E-state index in [2.05, 4.69) is 10.6 Å². The van der Waals surface area contributed by atoms with Gasteiger partial charge in [0.25, 0.3) is 0 Å². The molecule has 1 aliphatic rings. The molecule has 0 heterocycles. The minimum atomic E-state index is -0.0222. The fourth-order valence-corrected chi connectivity index (χ4v) is 1.39. The topological polar surface area (TPSA) is 78.4 Å². The largest absolute Gasteiger partial charge is 0.396 e. The molecule has 0 spiro atoms. The molecule has 2 amide bonds. The van der Waals surface area contributed by atoms with Crippen molar-refractivity contribution in [3.05, 3.63) is 0 Å². The predicted molar refractivity (Wildman–Crippen MR) is 64.2 cm³/mol. The van der Waals surface area contributed by atoms with E-state index in [0.717, 1.165) is 12.8 Å². The Balaban J connectivity index is 1.94. The minimum absolute atomic E-state index is 0.0222. The van der Waals surface area contributed by atoms with Crippen LogP contribution in [-0.2, 0) is 9.59 Å².